The minimum absolute atomic E-state index is 0.284. The number of hydrogen-bond acceptors (Lipinski definition) is 3. The van der Waals surface area contributed by atoms with Gasteiger partial charge in [-0.25, -0.2) is 4.98 Å². The molecule has 1 atom stereocenters. The van der Waals surface area contributed by atoms with Crippen molar-refractivity contribution < 1.29 is 0 Å². The Labute approximate surface area is 94.2 Å². The molecule has 0 aliphatic carbocycles. The van der Waals surface area contributed by atoms with Gasteiger partial charge in [-0.15, -0.1) is 0 Å². The first-order valence-electron chi connectivity index (χ1n) is 4.63. The van der Waals surface area contributed by atoms with Crippen LogP contribution in [-0.4, -0.2) is 16.8 Å². The second-order valence-corrected chi connectivity index (χ2v) is 4.74. The van der Waals surface area contributed by atoms with E-state index in [-0.39, 0.29) is 6.04 Å². The molecule has 0 bridgehead atoms. The van der Waals surface area contributed by atoms with E-state index in [1.165, 1.54) is 0 Å². The summed E-state index contributed by atoms with van der Waals surface area (Å²) in [4.78, 5) is 4.02. The molecule has 1 rings (SSSR count). The van der Waals surface area contributed by atoms with Gasteiger partial charge in [0.25, 0.3) is 0 Å². The summed E-state index contributed by atoms with van der Waals surface area (Å²) < 4.78 is 0. The molecule has 0 radical (unpaired) electrons. The lowest BCUT2D eigenvalue weighted by Gasteiger charge is -2.05. The van der Waals surface area contributed by atoms with Gasteiger partial charge in [-0.3, -0.25) is 0 Å². The highest BCUT2D eigenvalue weighted by Crippen LogP contribution is 2.19. The third-order valence-electron chi connectivity index (χ3n) is 1.81. The van der Waals surface area contributed by atoms with E-state index in [1.54, 1.807) is 6.20 Å². The standard InChI is InChI=1S/C10H15ClN2S/c1-8(12)4-6-14-7-9-3-2-5-13-10(9)11/h2-3,5,8H,4,6-7,12H2,1H3. The minimum atomic E-state index is 0.284. The molecule has 1 aromatic rings. The summed E-state index contributed by atoms with van der Waals surface area (Å²) in [5.41, 5.74) is 6.75. The van der Waals surface area contributed by atoms with Gasteiger partial charge in [0.2, 0.25) is 0 Å². The SMILES string of the molecule is CC(N)CCSCc1cccnc1Cl. The number of pyridine rings is 1. The summed E-state index contributed by atoms with van der Waals surface area (Å²) in [6.07, 6.45) is 2.75. The van der Waals surface area contributed by atoms with Crippen molar-refractivity contribution in [1.29, 1.82) is 0 Å². The molecule has 2 N–H and O–H groups in total. The Hall–Kier alpha value is -0.250. The highest BCUT2D eigenvalue weighted by molar-refractivity contribution is 7.98. The maximum atomic E-state index is 5.92. The maximum absolute atomic E-state index is 5.92. The van der Waals surface area contributed by atoms with Gasteiger partial charge in [-0.1, -0.05) is 17.7 Å². The smallest absolute Gasteiger partial charge is 0.133 e. The third kappa shape index (κ3) is 4.31. The number of hydrogen-bond donors (Lipinski definition) is 1. The van der Waals surface area contributed by atoms with Gasteiger partial charge < -0.3 is 5.73 Å². The van der Waals surface area contributed by atoms with Crippen LogP contribution in [0.3, 0.4) is 0 Å². The lowest BCUT2D eigenvalue weighted by molar-refractivity contribution is 0.721. The zero-order valence-electron chi connectivity index (χ0n) is 8.24. The van der Waals surface area contributed by atoms with Gasteiger partial charge in [0.1, 0.15) is 5.15 Å². The van der Waals surface area contributed by atoms with Crippen molar-refractivity contribution in [3.8, 4) is 0 Å². The molecule has 0 aromatic carbocycles. The van der Waals surface area contributed by atoms with E-state index >= 15 is 0 Å². The van der Waals surface area contributed by atoms with Crippen molar-refractivity contribution in [2.45, 2.75) is 25.1 Å². The molecule has 14 heavy (non-hydrogen) atoms. The lowest BCUT2D eigenvalue weighted by atomic mass is 10.3. The van der Waals surface area contributed by atoms with E-state index < -0.39 is 0 Å². The van der Waals surface area contributed by atoms with E-state index in [1.807, 2.05) is 30.8 Å². The van der Waals surface area contributed by atoms with Crippen LogP contribution >= 0.6 is 23.4 Å². The lowest BCUT2D eigenvalue weighted by Crippen LogP contribution is -2.15. The van der Waals surface area contributed by atoms with Crippen molar-refractivity contribution in [3.63, 3.8) is 0 Å². The molecular weight excluding hydrogens is 216 g/mol. The summed E-state index contributed by atoms with van der Waals surface area (Å²) in [5.74, 6) is 1.99. The van der Waals surface area contributed by atoms with Gasteiger partial charge in [-0.2, -0.15) is 11.8 Å². The molecule has 2 nitrogen and oxygen atoms in total. The summed E-state index contributed by atoms with van der Waals surface area (Å²) in [6.45, 7) is 2.03. The average Bonchev–Trinajstić information content (AvgIpc) is 2.15. The number of nitrogens with two attached hydrogens (primary N) is 1. The fraction of sp³-hybridized carbons (Fsp3) is 0.500. The van der Waals surface area contributed by atoms with E-state index in [9.17, 15) is 0 Å². The Morgan fingerprint density at radius 2 is 2.43 bits per heavy atom. The summed E-state index contributed by atoms with van der Waals surface area (Å²) >= 11 is 7.76. The van der Waals surface area contributed by atoms with Crippen LogP contribution in [0, 0.1) is 0 Å². The van der Waals surface area contributed by atoms with E-state index in [4.69, 9.17) is 17.3 Å². The van der Waals surface area contributed by atoms with E-state index in [0.29, 0.717) is 5.15 Å². The molecule has 0 aliphatic heterocycles. The molecule has 1 aromatic heterocycles. The van der Waals surface area contributed by atoms with Gasteiger partial charge in [0.05, 0.1) is 0 Å². The molecule has 0 amide bonds. The van der Waals surface area contributed by atoms with Crippen LogP contribution in [-0.2, 0) is 5.75 Å². The maximum Gasteiger partial charge on any atom is 0.133 e. The molecule has 1 heterocycles. The Morgan fingerprint density at radius 1 is 1.64 bits per heavy atom. The summed E-state index contributed by atoms with van der Waals surface area (Å²) in [5, 5.41) is 0.612. The zero-order chi connectivity index (χ0) is 10.4. The molecule has 0 aliphatic rings. The monoisotopic (exact) mass is 230 g/mol. The van der Waals surface area contributed by atoms with Gasteiger partial charge in [0, 0.05) is 18.0 Å². The zero-order valence-corrected chi connectivity index (χ0v) is 9.81. The predicted octanol–water partition coefficient (Wildman–Crippen LogP) is 2.71. The van der Waals surface area contributed by atoms with Crippen LogP contribution in [0.2, 0.25) is 5.15 Å². The van der Waals surface area contributed by atoms with Crippen LogP contribution < -0.4 is 5.73 Å². The quantitative estimate of drug-likeness (QED) is 0.625. The van der Waals surface area contributed by atoms with Crippen molar-refractivity contribution in [1.82, 2.24) is 4.98 Å². The van der Waals surface area contributed by atoms with Crippen LogP contribution in [0.5, 0.6) is 0 Å². The van der Waals surface area contributed by atoms with Crippen LogP contribution in [0.4, 0.5) is 0 Å². The first kappa shape index (κ1) is 11.8. The minimum Gasteiger partial charge on any atom is -0.328 e. The molecule has 0 fully saturated rings. The van der Waals surface area contributed by atoms with Crippen molar-refractivity contribution in [3.05, 3.63) is 29.0 Å². The number of nitrogens with zero attached hydrogens (tertiary/aromatic N) is 1. The Kier molecular flexibility index (Phi) is 5.30. The molecule has 0 saturated carbocycles. The fourth-order valence-electron chi connectivity index (χ4n) is 0.978. The van der Waals surface area contributed by atoms with Gasteiger partial charge in [-0.05, 0) is 30.7 Å². The number of halogens is 1. The Balaban J connectivity index is 2.28. The van der Waals surface area contributed by atoms with Gasteiger partial charge in [0.15, 0.2) is 0 Å². The average molecular weight is 231 g/mol. The normalized spacial score (nSPS) is 12.8. The second kappa shape index (κ2) is 6.27. The molecule has 4 heteroatoms. The summed E-state index contributed by atoms with van der Waals surface area (Å²) in [6, 6.07) is 4.20. The van der Waals surface area contributed by atoms with E-state index in [0.717, 1.165) is 23.5 Å². The highest BCUT2D eigenvalue weighted by atomic mass is 35.5. The predicted molar refractivity (Wildman–Crippen MR) is 63.7 cm³/mol. The number of aromatic nitrogens is 1. The molecule has 0 saturated heterocycles. The largest absolute Gasteiger partial charge is 0.328 e. The van der Waals surface area contributed by atoms with Crippen molar-refractivity contribution in [2.75, 3.05) is 5.75 Å². The van der Waals surface area contributed by atoms with E-state index in [2.05, 4.69) is 4.98 Å². The third-order valence-corrected chi connectivity index (χ3v) is 3.19. The molecule has 1 unspecified atom stereocenters. The van der Waals surface area contributed by atoms with Crippen LogP contribution in [0.15, 0.2) is 18.3 Å². The van der Waals surface area contributed by atoms with Crippen LogP contribution in [0.25, 0.3) is 0 Å². The molecule has 78 valence electrons. The number of rotatable bonds is 5. The van der Waals surface area contributed by atoms with Gasteiger partial charge >= 0.3 is 0 Å². The summed E-state index contributed by atoms with van der Waals surface area (Å²) in [7, 11) is 0. The highest BCUT2D eigenvalue weighted by Gasteiger charge is 2.00. The fourth-order valence-corrected chi connectivity index (χ4v) is 2.38. The molecular formula is C10H15ClN2S. The first-order chi connectivity index (χ1) is 6.70. The van der Waals surface area contributed by atoms with Crippen molar-refractivity contribution in [2.24, 2.45) is 5.73 Å². The topological polar surface area (TPSA) is 38.9 Å². The second-order valence-electron chi connectivity index (χ2n) is 3.27. The molecule has 0 spiro atoms. The number of thioether (sulfide) groups is 1. The first-order valence-corrected chi connectivity index (χ1v) is 6.16. The van der Waals surface area contributed by atoms with Crippen LogP contribution in [0.1, 0.15) is 18.9 Å². The Morgan fingerprint density at radius 3 is 3.07 bits per heavy atom. The Bertz CT molecular complexity index is 279. The van der Waals surface area contributed by atoms with Crippen molar-refractivity contribution >= 4 is 23.4 Å².